The Morgan fingerprint density at radius 1 is 1.11 bits per heavy atom. The van der Waals surface area contributed by atoms with Crippen LogP contribution < -0.4 is 9.64 Å². The second-order valence-electron chi connectivity index (χ2n) is 6.83. The maximum Gasteiger partial charge on any atom is 0.417 e. The van der Waals surface area contributed by atoms with Crippen molar-refractivity contribution in [1.82, 2.24) is 9.88 Å². The summed E-state index contributed by atoms with van der Waals surface area (Å²) in [6, 6.07) is 8.22. The number of pyridine rings is 1. The van der Waals surface area contributed by atoms with E-state index in [1.54, 1.807) is 4.90 Å². The molecule has 0 aliphatic carbocycles. The molecule has 3 rings (SSSR count). The Morgan fingerprint density at radius 2 is 1.82 bits per heavy atom. The summed E-state index contributed by atoms with van der Waals surface area (Å²) in [4.78, 5) is 19.9. The Kier molecular flexibility index (Phi) is 5.76. The van der Waals surface area contributed by atoms with Gasteiger partial charge in [0.05, 0.1) is 5.56 Å². The summed E-state index contributed by atoms with van der Waals surface area (Å²) >= 11 is 0. The van der Waals surface area contributed by atoms with Crippen LogP contribution >= 0.6 is 0 Å². The van der Waals surface area contributed by atoms with Crippen LogP contribution in [0.5, 0.6) is 5.75 Å². The molecule has 1 aromatic heterocycles. The van der Waals surface area contributed by atoms with E-state index in [0.717, 1.165) is 23.4 Å². The van der Waals surface area contributed by atoms with Crippen LogP contribution in [0.3, 0.4) is 0 Å². The second-order valence-corrected chi connectivity index (χ2v) is 6.83. The normalized spacial score (nSPS) is 14.9. The number of hydrogen-bond acceptors (Lipinski definition) is 4. The van der Waals surface area contributed by atoms with E-state index >= 15 is 0 Å². The highest BCUT2D eigenvalue weighted by molar-refractivity contribution is 5.78. The predicted molar refractivity (Wildman–Crippen MR) is 99.4 cm³/mol. The van der Waals surface area contributed by atoms with Crippen LogP contribution in [0.4, 0.5) is 19.0 Å². The SMILES string of the molecule is Cc1ccc(C)c(OCC(=O)N2CCN(c3ccc(C(F)(F)F)cn3)CC2)c1. The first-order valence-electron chi connectivity index (χ1n) is 9.00. The fourth-order valence-electron chi connectivity index (χ4n) is 3.02. The van der Waals surface area contributed by atoms with E-state index in [2.05, 4.69) is 4.98 Å². The molecule has 2 heterocycles. The van der Waals surface area contributed by atoms with Crippen molar-refractivity contribution in [3.05, 3.63) is 53.2 Å². The molecule has 0 radical (unpaired) electrons. The molecular weight excluding hydrogens is 371 g/mol. The summed E-state index contributed by atoms with van der Waals surface area (Å²) in [5, 5.41) is 0. The highest BCUT2D eigenvalue weighted by Crippen LogP contribution is 2.29. The number of ether oxygens (including phenoxy) is 1. The number of halogens is 3. The van der Waals surface area contributed by atoms with Gasteiger partial charge in [0, 0.05) is 32.4 Å². The lowest BCUT2D eigenvalue weighted by atomic mass is 10.1. The Hall–Kier alpha value is -2.77. The molecule has 0 N–H and O–H groups in total. The summed E-state index contributed by atoms with van der Waals surface area (Å²) in [5.74, 6) is 1.06. The van der Waals surface area contributed by atoms with Crippen LogP contribution in [-0.2, 0) is 11.0 Å². The van der Waals surface area contributed by atoms with E-state index in [0.29, 0.717) is 37.7 Å². The third-order valence-electron chi connectivity index (χ3n) is 4.73. The maximum atomic E-state index is 12.6. The molecule has 0 atom stereocenters. The molecule has 1 aliphatic heterocycles. The molecule has 0 unspecified atom stereocenters. The quantitative estimate of drug-likeness (QED) is 0.798. The first kappa shape index (κ1) is 20.0. The summed E-state index contributed by atoms with van der Waals surface area (Å²) < 4.78 is 43.6. The van der Waals surface area contributed by atoms with Crippen molar-refractivity contribution < 1.29 is 22.7 Å². The van der Waals surface area contributed by atoms with Gasteiger partial charge < -0.3 is 14.5 Å². The number of hydrogen-bond donors (Lipinski definition) is 0. The topological polar surface area (TPSA) is 45.7 Å². The molecule has 1 aliphatic rings. The monoisotopic (exact) mass is 393 g/mol. The van der Waals surface area contributed by atoms with Gasteiger partial charge in [0.1, 0.15) is 11.6 Å². The standard InChI is InChI=1S/C20H22F3N3O2/c1-14-3-4-15(2)17(11-14)28-13-19(27)26-9-7-25(8-10-26)18-6-5-16(12-24-18)20(21,22)23/h3-6,11-12H,7-10,13H2,1-2H3. The average molecular weight is 393 g/mol. The minimum absolute atomic E-state index is 0.0389. The molecular formula is C20H22F3N3O2. The molecule has 150 valence electrons. The van der Waals surface area contributed by atoms with Crippen LogP contribution in [0.1, 0.15) is 16.7 Å². The van der Waals surface area contributed by atoms with Gasteiger partial charge in [-0.15, -0.1) is 0 Å². The number of piperazine rings is 1. The zero-order chi connectivity index (χ0) is 20.3. The average Bonchev–Trinajstić information content (AvgIpc) is 2.68. The molecule has 0 spiro atoms. The number of aromatic nitrogens is 1. The van der Waals surface area contributed by atoms with Crippen molar-refractivity contribution in [2.24, 2.45) is 0 Å². The van der Waals surface area contributed by atoms with Crippen LogP contribution in [0.15, 0.2) is 36.5 Å². The zero-order valence-corrected chi connectivity index (χ0v) is 15.8. The molecule has 1 saturated heterocycles. The van der Waals surface area contributed by atoms with Gasteiger partial charge in [0.25, 0.3) is 5.91 Å². The van der Waals surface area contributed by atoms with Gasteiger partial charge in [-0.05, 0) is 43.2 Å². The summed E-state index contributed by atoms with van der Waals surface area (Å²) in [6.45, 7) is 5.80. The second kappa shape index (κ2) is 8.08. The number of alkyl halides is 3. The Morgan fingerprint density at radius 3 is 2.43 bits per heavy atom. The number of amides is 1. The van der Waals surface area contributed by atoms with E-state index in [-0.39, 0.29) is 12.5 Å². The highest BCUT2D eigenvalue weighted by atomic mass is 19.4. The summed E-state index contributed by atoms with van der Waals surface area (Å²) in [7, 11) is 0. The van der Waals surface area contributed by atoms with Gasteiger partial charge in [-0.2, -0.15) is 13.2 Å². The highest BCUT2D eigenvalue weighted by Gasteiger charge is 2.31. The molecule has 1 aromatic carbocycles. The molecule has 1 fully saturated rings. The molecule has 8 heteroatoms. The number of nitrogens with zero attached hydrogens (tertiary/aromatic N) is 3. The summed E-state index contributed by atoms with van der Waals surface area (Å²) in [6.07, 6.45) is -3.56. The van der Waals surface area contributed by atoms with Crippen LogP contribution in [0.25, 0.3) is 0 Å². The lowest BCUT2D eigenvalue weighted by Crippen LogP contribution is -2.50. The van der Waals surface area contributed by atoms with Crippen molar-refractivity contribution in [3.8, 4) is 5.75 Å². The smallest absolute Gasteiger partial charge is 0.417 e. The molecule has 28 heavy (non-hydrogen) atoms. The van der Waals surface area contributed by atoms with Gasteiger partial charge in [-0.3, -0.25) is 4.79 Å². The minimum Gasteiger partial charge on any atom is -0.483 e. The lowest BCUT2D eigenvalue weighted by molar-refractivity contribution is -0.138. The number of carbonyl (C=O) groups is 1. The van der Waals surface area contributed by atoms with Crippen LogP contribution in [-0.4, -0.2) is 48.6 Å². The maximum absolute atomic E-state index is 12.6. The number of aryl methyl sites for hydroxylation is 2. The van der Waals surface area contributed by atoms with E-state index in [1.165, 1.54) is 6.07 Å². The van der Waals surface area contributed by atoms with Gasteiger partial charge >= 0.3 is 6.18 Å². The van der Waals surface area contributed by atoms with E-state index in [1.807, 2.05) is 36.9 Å². The fraction of sp³-hybridized carbons (Fsp3) is 0.400. The largest absolute Gasteiger partial charge is 0.483 e. The summed E-state index contributed by atoms with van der Waals surface area (Å²) in [5.41, 5.74) is 1.26. The Balaban J connectivity index is 1.52. The molecule has 0 bridgehead atoms. The third kappa shape index (κ3) is 4.74. The molecule has 1 amide bonds. The van der Waals surface area contributed by atoms with E-state index in [9.17, 15) is 18.0 Å². The zero-order valence-electron chi connectivity index (χ0n) is 15.8. The van der Waals surface area contributed by atoms with Crippen molar-refractivity contribution in [1.29, 1.82) is 0 Å². The number of anilines is 1. The number of rotatable bonds is 4. The van der Waals surface area contributed by atoms with Gasteiger partial charge in [-0.25, -0.2) is 4.98 Å². The predicted octanol–water partition coefficient (Wildman–Crippen LogP) is 3.44. The van der Waals surface area contributed by atoms with Gasteiger partial charge in [0.2, 0.25) is 0 Å². The van der Waals surface area contributed by atoms with Crippen molar-refractivity contribution in [3.63, 3.8) is 0 Å². The van der Waals surface area contributed by atoms with Crippen molar-refractivity contribution in [2.45, 2.75) is 20.0 Å². The van der Waals surface area contributed by atoms with E-state index < -0.39 is 11.7 Å². The third-order valence-corrected chi connectivity index (χ3v) is 4.73. The van der Waals surface area contributed by atoms with E-state index in [4.69, 9.17) is 4.74 Å². The lowest BCUT2D eigenvalue weighted by Gasteiger charge is -2.35. The minimum atomic E-state index is -4.40. The Labute approximate surface area is 161 Å². The molecule has 0 saturated carbocycles. The number of benzene rings is 1. The molecule has 2 aromatic rings. The van der Waals surface area contributed by atoms with Crippen molar-refractivity contribution >= 4 is 11.7 Å². The first-order valence-corrected chi connectivity index (χ1v) is 9.00. The van der Waals surface area contributed by atoms with Crippen LogP contribution in [0.2, 0.25) is 0 Å². The van der Waals surface area contributed by atoms with Gasteiger partial charge in [0.15, 0.2) is 6.61 Å². The number of carbonyl (C=O) groups excluding carboxylic acids is 1. The van der Waals surface area contributed by atoms with Crippen LogP contribution in [0, 0.1) is 13.8 Å². The Bertz CT molecular complexity index is 830. The van der Waals surface area contributed by atoms with Gasteiger partial charge in [-0.1, -0.05) is 12.1 Å². The first-order chi connectivity index (χ1) is 13.2. The fourth-order valence-corrected chi connectivity index (χ4v) is 3.02. The molecule has 5 nitrogen and oxygen atoms in total. The van der Waals surface area contributed by atoms with Crippen molar-refractivity contribution in [2.75, 3.05) is 37.7 Å².